The summed E-state index contributed by atoms with van der Waals surface area (Å²) in [5.41, 5.74) is 4.47. The lowest BCUT2D eigenvalue weighted by molar-refractivity contribution is -0.605. The topological polar surface area (TPSA) is 161 Å². The van der Waals surface area contributed by atoms with Gasteiger partial charge in [-0.15, -0.1) is 0 Å². The van der Waals surface area contributed by atoms with E-state index in [4.69, 9.17) is 24.2 Å². The van der Waals surface area contributed by atoms with Crippen molar-refractivity contribution in [1.82, 2.24) is 19.5 Å². The summed E-state index contributed by atoms with van der Waals surface area (Å²) in [7, 11) is 1.67. The summed E-state index contributed by atoms with van der Waals surface area (Å²) >= 11 is 0. The maximum Gasteiger partial charge on any atom is 0.318 e. The molecule has 3 heterocycles. The van der Waals surface area contributed by atoms with Gasteiger partial charge in [0.25, 0.3) is 0 Å². The van der Waals surface area contributed by atoms with Gasteiger partial charge in [-0.25, -0.2) is 4.98 Å². The Labute approximate surface area is 227 Å². The zero-order valence-electron chi connectivity index (χ0n) is 22.6. The Morgan fingerprint density at radius 2 is 1.72 bits per heavy atom. The Kier molecular flexibility index (Phi) is 10.0. The summed E-state index contributed by atoms with van der Waals surface area (Å²) in [4.78, 5) is 14.0. The minimum atomic E-state index is 0. The average molecular weight is 540 g/mol. The Hall–Kier alpha value is -3.96. The number of pyridine rings is 1. The normalized spacial score (nSPS) is 13.1. The molecule has 210 valence electrons. The van der Waals surface area contributed by atoms with Crippen LogP contribution in [0.5, 0.6) is 17.5 Å². The van der Waals surface area contributed by atoms with Crippen LogP contribution in [-0.2, 0) is 13.0 Å². The highest BCUT2D eigenvalue weighted by atomic mass is 16.5. The average Bonchev–Trinajstić information content (AvgIpc) is 3.51. The van der Waals surface area contributed by atoms with Crippen LogP contribution >= 0.6 is 0 Å². The number of nitrogens with zero attached hydrogens (tertiary/aromatic N) is 5. The first-order valence-corrected chi connectivity index (χ1v) is 12.9. The smallest absolute Gasteiger partial charge is 0.318 e. The van der Waals surface area contributed by atoms with Crippen molar-refractivity contribution in [3.8, 4) is 17.5 Å². The van der Waals surface area contributed by atoms with Crippen LogP contribution in [0.2, 0.25) is 0 Å². The van der Waals surface area contributed by atoms with Crippen molar-refractivity contribution >= 4 is 11.2 Å². The van der Waals surface area contributed by atoms with Crippen molar-refractivity contribution in [2.45, 2.75) is 65.0 Å². The monoisotopic (exact) mass is 539 g/mol. The maximum absolute atomic E-state index is 11.2. The van der Waals surface area contributed by atoms with E-state index in [9.17, 15) is 5.21 Å². The van der Waals surface area contributed by atoms with Gasteiger partial charge in [0.15, 0.2) is 29.5 Å². The largest absolute Gasteiger partial charge is 0.619 e. The second kappa shape index (κ2) is 13.2. The van der Waals surface area contributed by atoms with Gasteiger partial charge >= 0.3 is 6.01 Å². The van der Waals surface area contributed by atoms with Gasteiger partial charge in [0.1, 0.15) is 11.3 Å². The van der Waals surface area contributed by atoms with Gasteiger partial charge < -0.3 is 34.9 Å². The van der Waals surface area contributed by atoms with E-state index in [0.29, 0.717) is 19.2 Å². The molecular weight excluding hydrogens is 502 g/mol. The molecule has 1 aliphatic carbocycles. The number of ether oxygens (including phenoxy) is 3. The molecule has 1 fully saturated rings. The first-order chi connectivity index (χ1) is 18.0. The second-order valence-corrected chi connectivity index (χ2v) is 9.54. The predicted molar refractivity (Wildman–Crippen MR) is 146 cm³/mol. The number of imidazole rings is 1. The van der Waals surface area contributed by atoms with Crippen LogP contribution in [-0.4, -0.2) is 50.3 Å². The van der Waals surface area contributed by atoms with Gasteiger partial charge in [-0.05, 0) is 75.6 Å². The van der Waals surface area contributed by atoms with Gasteiger partial charge in [-0.3, -0.25) is 0 Å². The number of hydrogen-bond acceptors (Lipinski definition) is 7. The minimum absolute atomic E-state index is 0. The minimum Gasteiger partial charge on any atom is -0.619 e. The molecule has 4 aromatic rings. The van der Waals surface area contributed by atoms with E-state index in [-0.39, 0.29) is 17.1 Å². The number of rotatable bonds is 10. The summed E-state index contributed by atoms with van der Waals surface area (Å²) in [6.45, 7) is 4.98. The fourth-order valence-electron chi connectivity index (χ4n) is 4.81. The summed E-state index contributed by atoms with van der Waals surface area (Å²) in [6, 6.07) is 10.1. The number of fused-ring (bicyclic) bond motifs is 1. The Bertz CT molecular complexity index is 1370. The Balaban J connectivity index is 0.00000210. The first-order valence-electron chi connectivity index (χ1n) is 12.9. The third kappa shape index (κ3) is 6.92. The van der Waals surface area contributed by atoms with Crippen molar-refractivity contribution in [1.29, 1.82) is 0 Å². The molecule has 11 heteroatoms. The van der Waals surface area contributed by atoms with E-state index in [1.165, 1.54) is 25.2 Å². The van der Waals surface area contributed by atoms with E-state index in [0.717, 1.165) is 75.7 Å². The number of benzene rings is 1. The lowest BCUT2D eigenvalue weighted by atomic mass is 10.1. The molecule has 4 N–H and O–H groups in total. The molecule has 39 heavy (non-hydrogen) atoms. The van der Waals surface area contributed by atoms with Crippen molar-refractivity contribution in [3.63, 3.8) is 0 Å². The molecule has 0 saturated heterocycles. The highest BCUT2D eigenvalue weighted by Crippen LogP contribution is 2.33. The highest BCUT2D eigenvalue weighted by Gasteiger charge is 2.20. The number of aryl methyl sites for hydroxylation is 3. The van der Waals surface area contributed by atoms with E-state index in [1.807, 2.05) is 32.0 Å². The lowest BCUT2D eigenvalue weighted by Crippen LogP contribution is -2.23. The van der Waals surface area contributed by atoms with Gasteiger partial charge in [0.2, 0.25) is 0 Å². The van der Waals surface area contributed by atoms with Crippen LogP contribution in [0, 0.1) is 19.1 Å². The molecule has 0 amide bonds. The van der Waals surface area contributed by atoms with E-state index >= 15 is 0 Å². The summed E-state index contributed by atoms with van der Waals surface area (Å²) in [5, 5.41) is 11.2. The van der Waals surface area contributed by atoms with Crippen LogP contribution in [0.4, 0.5) is 0 Å². The molecule has 0 aliphatic heterocycles. The fraction of sp³-hybridized carbons (Fsp3) is 0.429. The quantitative estimate of drug-likeness (QED) is 0.170. The fourth-order valence-corrected chi connectivity index (χ4v) is 4.81. The molecular formula is C28H37N5O6. The van der Waals surface area contributed by atoms with Crippen LogP contribution < -0.4 is 18.9 Å². The molecule has 0 radical (unpaired) electrons. The van der Waals surface area contributed by atoms with Crippen molar-refractivity contribution in [2.24, 2.45) is 0 Å². The SMILES string of the molecule is COc1ccc(Cn2c(C)nc3c(C)nc(OCCCc4cc[n+]([O-])cc4)nc32)cc1OC1CCCC1.O.O. The van der Waals surface area contributed by atoms with Crippen LogP contribution in [0.15, 0.2) is 42.7 Å². The van der Waals surface area contributed by atoms with E-state index in [2.05, 4.69) is 21.7 Å². The molecule has 1 saturated carbocycles. The summed E-state index contributed by atoms with van der Waals surface area (Å²) in [5.74, 6) is 2.39. The molecule has 11 nitrogen and oxygen atoms in total. The van der Waals surface area contributed by atoms with Crippen molar-refractivity contribution in [3.05, 3.63) is 70.6 Å². The standard InChI is InChI=1S/C28H33N5O4.2H2O/c1-19-26-27(31-28(29-19)36-16-6-7-21-12-14-32(34)15-13-21)33(20(2)30-26)18-22-10-11-24(35-3)25(17-22)37-23-8-4-5-9-23;;/h10-15,17,23H,4-9,16,18H2,1-3H3;2*1H2. The summed E-state index contributed by atoms with van der Waals surface area (Å²) in [6.07, 6.45) is 9.46. The third-order valence-corrected chi connectivity index (χ3v) is 6.82. The highest BCUT2D eigenvalue weighted by molar-refractivity contribution is 5.74. The maximum atomic E-state index is 11.2. The molecule has 0 unspecified atom stereocenters. The van der Waals surface area contributed by atoms with Crippen molar-refractivity contribution < 1.29 is 29.9 Å². The Morgan fingerprint density at radius 3 is 2.44 bits per heavy atom. The van der Waals surface area contributed by atoms with Gasteiger partial charge in [-0.2, -0.15) is 14.7 Å². The number of methoxy groups -OCH3 is 1. The summed E-state index contributed by atoms with van der Waals surface area (Å²) < 4.78 is 20.6. The molecule has 3 aromatic heterocycles. The first kappa shape index (κ1) is 29.6. The predicted octanol–water partition coefficient (Wildman–Crippen LogP) is 2.82. The van der Waals surface area contributed by atoms with Gasteiger partial charge in [0, 0.05) is 12.1 Å². The third-order valence-electron chi connectivity index (χ3n) is 6.82. The molecule has 1 aliphatic rings. The van der Waals surface area contributed by atoms with Crippen LogP contribution in [0.1, 0.15) is 54.7 Å². The van der Waals surface area contributed by atoms with E-state index < -0.39 is 0 Å². The van der Waals surface area contributed by atoms with Gasteiger partial charge in [-0.1, -0.05) is 6.07 Å². The van der Waals surface area contributed by atoms with Gasteiger partial charge in [0.05, 0.1) is 32.1 Å². The van der Waals surface area contributed by atoms with Crippen molar-refractivity contribution in [2.75, 3.05) is 13.7 Å². The molecule has 0 atom stereocenters. The lowest BCUT2D eigenvalue weighted by Gasteiger charge is -2.17. The molecule has 0 spiro atoms. The Morgan fingerprint density at radius 1 is 0.974 bits per heavy atom. The zero-order chi connectivity index (χ0) is 25.8. The second-order valence-electron chi connectivity index (χ2n) is 9.54. The molecule has 5 rings (SSSR count). The van der Waals surface area contributed by atoms with Crippen LogP contribution in [0.25, 0.3) is 11.2 Å². The molecule has 1 aromatic carbocycles. The number of hydrogen-bond donors (Lipinski definition) is 0. The molecule has 0 bridgehead atoms. The number of aromatic nitrogens is 5. The van der Waals surface area contributed by atoms with Crippen LogP contribution in [0.3, 0.4) is 0 Å². The zero-order valence-corrected chi connectivity index (χ0v) is 22.6. The van der Waals surface area contributed by atoms with E-state index in [1.54, 1.807) is 7.11 Å².